The molecule has 1 rings (SSSR count). The summed E-state index contributed by atoms with van der Waals surface area (Å²) in [4.78, 5) is 13.4. The number of benzene rings is 1. The van der Waals surface area contributed by atoms with Crippen LogP contribution < -0.4 is 16.0 Å². The first kappa shape index (κ1) is 15.3. The van der Waals surface area contributed by atoms with Crippen LogP contribution in [-0.2, 0) is 4.74 Å². The van der Waals surface area contributed by atoms with Crippen molar-refractivity contribution >= 4 is 17.3 Å². The zero-order chi connectivity index (χ0) is 14.3. The zero-order valence-electron chi connectivity index (χ0n) is 11.3. The smallest absolute Gasteiger partial charge is 0.251 e. The molecule has 0 aromatic heterocycles. The molecule has 0 bridgehead atoms. The van der Waals surface area contributed by atoms with Crippen LogP contribution in [0.15, 0.2) is 18.2 Å². The van der Waals surface area contributed by atoms with E-state index in [0.29, 0.717) is 30.9 Å². The summed E-state index contributed by atoms with van der Waals surface area (Å²) < 4.78 is 5.03. The summed E-state index contributed by atoms with van der Waals surface area (Å²) in [5, 5.41) is 11.6. The maximum atomic E-state index is 11.5. The Morgan fingerprint density at radius 1 is 1.47 bits per heavy atom. The first-order valence-corrected chi connectivity index (χ1v) is 6.10. The van der Waals surface area contributed by atoms with Crippen LogP contribution in [0.2, 0.25) is 0 Å². The van der Waals surface area contributed by atoms with Crippen LogP contribution in [0.1, 0.15) is 10.4 Å². The van der Waals surface area contributed by atoms with Crippen molar-refractivity contribution in [2.45, 2.75) is 0 Å². The Kier molecular flexibility index (Phi) is 6.11. The van der Waals surface area contributed by atoms with E-state index in [4.69, 9.17) is 15.6 Å². The molecule has 0 spiro atoms. The number of nitrogens with zero attached hydrogens (tertiary/aromatic N) is 1. The number of carbonyl (C=O) groups is 1. The maximum Gasteiger partial charge on any atom is 0.251 e. The van der Waals surface area contributed by atoms with Gasteiger partial charge in [0.25, 0.3) is 5.91 Å². The van der Waals surface area contributed by atoms with Crippen molar-refractivity contribution in [1.82, 2.24) is 5.32 Å². The maximum absolute atomic E-state index is 11.5. The predicted molar refractivity (Wildman–Crippen MR) is 75.4 cm³/mol. The SMILES string of the molecule is CNC(=O)c1ccc(N(CCO)CCOC)c(N)c1. The fraction of sp³-hybridized carbons (Fsp3) is 0.462. The summed E-state index contributed by atoms with van der Waals surface area (Å²) in [6.07, 6.45) is 0. The van der Waals surface area contributed by atoms with Gasteiger partial charge in [-0.15, -0.1) is 0 Å². The molecule has 0 aliphatic heterocycles. The van der Waals surface area contributed by atoms with Crippen molar-refractivity contribution in [2.24, 2.45) is 0 Å². The molecule has 0 heterocycles. The molecule has 0 saturated heterocycles. The number of nitrogens with one attached hydrogen (secondary N) is 1. The van der Waals surface area contributed by atoms with Crippen LogP contribution in [0.4, 0.5) is 11.4 Å². The third-order valence-corrected chi connectivity index (χ3v) is 2.79. The molecule has 4 N–H and O–H groups in total. The van der Waals surface area contributed by atoms with Crippen molar-refractivity contribution in [3.63, 3.8) is 0 Å². The summed E-state index contributed by atoms with van der Waals surface area (Å²) in [5.74, 6) is -0.177. The molecule has 0 saturated carbocycles. The Labute approximate surface area is 113 Å². The molecule has 0 unspecified atom stereocenters. The molecule has 6 heteroatoms. The zero-order valence-corrected chi connectivity index (χ0v) is 11.3. The first-order valence-electron chi connectivity index (χ1n) is 6.10. The van der Waals surface area contributed by atoms with E-state index in [1.54, 1.807) is 32.4 Å². The Hall–Kier alpha value is -1.79. The van der Waals surface area contributed by atoms with Crippen molar-refractivity contribution in [3.8, 4) is 0 Å². The number of methoxy groups -OCH3 is 1. The number of nitrogen functional groups attached to an aromatic ring is 1. The Bertz CT molecular complexity index is 424. The van der Waals surface area contributed by atoms with Crippen molar-refractivity contribution < 1.29 is 14.6 Å². The molecule has 0 fully saturated rings. The molecule has 1 amide bonds. The number of anilines is 2. The van der Waals surface area contributed by atoms with Gasteiger partial charge in [0.05, 0.1) is 24.6 Å². The lowest BCUT2D eigenvalue weighted by molar-refractivity contribution is 0.0963. The van der Waals surface area contributed by atoms with Gasteiger partial charge in [-0.2, -0.15) is 0 Å². The minimum Gasteiger partial charge on any atom is -0.397 e. The molecular formula is C13H21N3O3. The number of amides is 1. The highest BCUT2D eigenvalue weighted by atomic mass is 16.5. The molecule has 19 heavy (non-hydrogen) atoms. The Balaban J connectivity index is 2.94. The molecule has 1 aromatic carbocycles. The minimum atomic E-state index is -0.177. The number of rotatable bonds is 7. The molecule has 0 aliphatic carbocycles. The van der Waals surface area contributed by atoms with E-state index in [-0.39, 0.29) is 12.5 Å². The summed E-state index contributed by atoms with van der Waals surface area (Å²) in [7, 11) is 3.19. The van der Waals surface area contributed by atoms with Crippen LogP contribution >= 0.6 is 0 Å². The highest BCUT2D eigenvalue weighted by molar-refractivity contribution is 5.96. The van der Waals surface area contributed by atoms with Crippen LogP contribution in [-0.4, -0.2) is 51.5 Å². The van der Waals surface area contributed by atoms with E-state index in [1.165, 1.54) is 0 Å². The Morgan fingerprint density at radius 2 is 2.21 bits per heavy atom. The first-order chi connectivity index (χ1) is 9.13. The van der Waals surface area contributed by atoms with Gasteiger partial charge in [0.2, 0.25) is 0 Å². The van der Waals surface area contributed by atoms with Crippen molar-refractivity contribution in [1.29, 1.82) is 0 Å². The number of hydrogen-bond donors (Lipinski definition) is 3. The molecule has 106 valence electrons. The highest BCUT2D eigenvalue weighted by Crippen LogP contribution is 2.24. The fourth-order valence-corrected chi connectivity index (χ4v) is 1.80. The van der Waals surface area contributed by atoms with E-state index in [9.17, 15) is 4.79 Å². The summed E-state index contributed by atoms with van der Waals surface area (Å²) in [5.41, 5.74) is 7.78. The van der Waals surface area contributed by atoms with Crippen LogP contribution in [0.5, 0.6) is 0 Å². The quantitative estimate of drug-likeness (QED) is 0.609. The molecule has 0 atom stereocenters. The monoisotopic (exact) mass is 267 g/mol. The summed E-state index contributed by atoms with van der Waals surface area (Å²) in [6, 6.07) is 5.12. The van der Waals surface area contributed by atoms with Crippen LogP contribution in [0, 0.1) is 0 Å². The van der Waals surface area contributed by atoms with E-state index >= 15 is 0 Å². The molecule has 1 aromatic rings. The number of ether oxygens (including phenoxy) is 1. The standard InChI is InChI=1S/C13H21N3O3/c1-15-13(18)10-3-4-12(11(14)9-10)16(5-7-17)6-8-19-2/h3-4,9,17H,5-8,14H2,1-2H3,(H,15,18). The van der Waals surface area contributed by atoms with Gasteiger partial charge >= 0.3 is 0 Å². The van der Waals surface area contributed by atoms with E-state index in [0.717, 1.165) is 5.69 Å². The lowest BCUT2D eigenvalue weighted by Gasteiger charge is -2.25. The minimum absolute atomic E-state index is 0.0281. The molecule has 6 nitrogen and oxygen atoms in total. The lowest BCUT2D eigenvalue weighted by atomic mass is 10.1. The van der Waals surface area contributed by atoms with Crippen LogP contribution in [0.25, 0.3) is 0 Å². The number of nitrogens with two attached hydrogens (primary N) is 1. The number of aliphatic hydroxyl groups is 1. The molecule has 0 aliphatic rings. The Morgan fingerprint density at radius 3 is 2.74 bits per heavy atom. The van der Waals surface area contributed by atoms with Gasteiger partial charge in [-0.05, 0) is 18.2 Å². The third kappa shape index (κ3) is 4.11. The van der Waals surface area contributed by atoms with E-state index in [2.05, 4.69) is 5.32 Å². The second-order valence-corrected chi connectivity index (χ2v) is 4.06. The fourth-order valence-electron chi connectivity index (χ4n) is 1.80. The second kappa shape index (κ2) is 7.60. The average Bonchev–Trinajstić information content (AvgIpc) is 2.42. The normalized spacial score (nSPS) is 10.3. The van der Waals surface area contributed by atoms with E-state index < -0.39 is 0 Å². The van der Waals surface area contributed by atoms with Gasteiger partial charge in [0.1, 0.15) is 0 Å². The number of carbonyl (C=O) groups excluding carboxylic acids is 1. The summed E-state index contributed by atoms with van der Waals surface area (Å²) >= 11 is 0. The average molecular weight is 267 g/mol. The number of aliphatic hydroxyl groups excluding tert-OH is 1. The van der Waals surface area contributed by atoms with Gasteiger partial charge in [0, 0.05) is 32.8 Å². The van der Waals surface area contributed by atoms with Gasteiger partial charge in [-0.1, -0.05) is 0 Å². The predicted octanol–water partition coefficient (Wildman–Crippen LogP) is 0.0735. The van der Waals surface area contributed by atoms with Gasteiger partial charge in [-0.25, -0.2) is 0 Å². The third-order valence-electron chi connectivity index (χ3n) is 2.79. The molecule has 0 radical (unpaired) electrons. The highest BCUT2D eigenvalue weighted by Gasteiger charge is 2.12. The van der Waals surface area contributed by atoms with Gasteiger partial charge in [-0.3, -0.25) is 4.79 Å². The lowest BCUT2D eigenvalue weighted by Crippen LogP contribution is -2.31. The van der Waals surface area contributed by atoms with Gasteiger partial charge < -0.3 is 25.8 Å². The van der Waals surface area contributed by atoms with E-state index in [1.807, 2.05) is 4.90 Å². The number of hydrogen-bond acceptors (Lipinski definition) is 5. The second-order valence-electron chi connectivity index (χ2n) is 4.06. The van der Waals surface area contributed by atoms with Crippen LogP contribution in [0.3, 0.4) is 0 Å². The summed E-state index contributed by atoms with van der Waals surface area (Å²) in [6.45, 7) is 1.66. The van der Waals surface area contributed by atoms with Crippen molar-refractivity contribution in [2.75, 3.05) is 51.1 Å². The topological polar surface area (TPSA) is 87.8 Å². The van der Waals surface area contributed by atoms with Crippen molar-refractivity contribution in [3.05, 3.63) is 23.8 Å². The molecular weight excluding hydrogens is 246 g/mol. The van der Waals surface area contributed by atoms with Gasteiger partial charge in [0.15, 0.2) is 0 Å². The largest absolute Gasteiger partial charge is 0.397 e.